The van der Waals surface area contributed by atoms with Crippen LogP contribution in [0, 0.1) is 33.9 Å². The third-order valence-corrected chi connectivity index (χ3v) is 10.5. The molecule has 4 nitrogen and oxygen atoms in total. The number of ether oxygens (including phenoxy) is 1. The number of benzene rings is 6. The third-order valence-electron chi connectivity index (χ3n) is 10.5. The maximum absolute atomic E-state index is 8.53. The number of pyridine rings is 1. The van der Waals surface area contributed by atoms with Gasteiger partial charge in [0.05, 0.1) is 22.3 Å². The largest absolute Gasteiger partial charge is 2.00 e. The van der Waals surface area contributed by atoms with Crippen molar-refractivity contribution in [2.45, 2.75) is 72.9 Å². The minimum atomic E-state index is -3.38. The Morgan fingerprint density at radius 3 is 2.12 bits per heavy atom. The molecular weight excluding hydrogens is 902 g/mol. The molecule has 0 aliphatic rings. The van der Waals surface area contributed by atoms with Crippen molar-refractivity contribution in [1.29, 1.82) is 0 Å². The van der Waals surface area contributed by atoms with Gasteiger partial charge < -0.3 is 4.74 Å². The van der Waals surface area contributed by atoms with E-state index in [1.807, 2.05) is 97.3 Å². The van der Waals surface area contributed by atoms with E-state index >= 15 is 0 Å². The van der Waals surface area contributed by atoms with Crippen LogP contribution in [0.4, 0.5) is 0 Å². The van der Waals surface area contributed by atoms with Gasteiger partial charge in [-0.2, -0.15) is 7.11 Å². The molecule has 2 aromatic heterocycles. The first kappa shape index (κ1) is 28.8. The zero-order valence-electron chi connectivity index (χ0n) is 45.5. The molecule has 0 spiro atoms. The Morgan fingerprint density at radius 1 is 0.661 bits per heavy atom. The first-order valence-corrected chi connectivity index (χ1v) is 19.1. The minimum Gasteiger partial charge on any atom is -0.665 e. The van der Waals surface area contributed by atoms with Crippen LogP contribution >= 0.6 is 0 Å². The molecule has 0 N–H and O–H groups in total. The van der Waals surface area contributed by atoms with E-state index in [2.05, 4.69) is 40.0 Å². The van der Waals surface area contributed by atoms with Gasteiger partial charge in [-0.25, -0.2) is 4.98 Å². The molecule has 59 heavy (non-hydrogen) atoms. The molecule has 0 atom stereocenters. The maximum Gasteiger partial charge on any atom is 2.00 e. The number of nitrogens with zero attached hydrogens (tertiary/aromatic N) is 3. The average Bonchev–Trinajstić information content (AvgIpc) is 3.67. The molecule has 0 radical (unpaired) electrons. The summed E-state index contributed by atoms with van der Waals surface area (Å²) in [6.07, 6.45) is 1.63. The standard InChI is InChI=1S/C54H51N3O.Pt/c1-34-25-36(3)51(58-10)47(28-34)52-56-50-46(17-14-18-49(50)57(52)45-27-35(2)26-40(32-45)37-15-12-11-13-16-37)41-29-42(31-44(30-41)54(7,8)9)48-33-39(23-24-55-48)38-19-21-43(22-20-38)53(4,5)6;/h11-28,30-33H,10H2,1-9H3;/q-2;+2/i2D3,4D3,5D3,6D3;. The molecular formula is C54H51N3OPt. The molecule has 0 saturated carbocycles. The summed E-state index contributed by atoms with van der Waals surface area (Å²) in [4.78, 5) is 10.2. The molecule has 0 amide bonds. The SMILES string of the molecule is [2H]C([2H])([2H])c1cc(-c2ccccc2)cc(-n2c(-c3cc(C)cc(C)c3O[CH2-])nc3c(-c4[c-]c(-c5cc(-c6ccc(C(C([2H])([2H])[2H])(C([2H])([2H])[2H])C([2H])([2H])[2H])cc6)ccn5)cc(C(C)(C)C)c4)cccc32)c1.[Pt+2]. The number of rotatable bonds is 7. The zero-order valence-corrected chi connectivity index (χ0v) is 35.7. The fourth-order valence-electron chi connectivity index (χ4n) is 7.56. The molecule has 6 aromatic carbocycles. The first-order chi connectivity index (χ1) is 32.6. The normalized spacial score (nSPS) is 15.6. The number of aryl methyl sites for hydroxylation is 3. The third kappa shape index (κ3) is 8.34. The van der Waals surface area contributed by atoms with Crippen LogP contribution in [0.1, 0.15) is 85.6 Å². The topological polar surface area (TPSA) is 39.9 Å². The van der Waals surface area contributed by atoms with Crippen LogP contribution in [-0.2, 0) is 31.9 Å². The summed E-state index contributed by atoms with van der Waals surface area (Å²) in [6.45, 7) is -2.33. The Bertz CT molecular complexity index is 3220. The van der Waals surface area contributed by atoms with Crippen molar-refractivity contribution in [3.05, 3.63) is 175 Å². The Morgan fingerprint density at radius 2 is 1.41 bits per heavy atom. The van der Waals surface area contributed by atoms with Crippen molar-refractivity contribution in [2.75, 3.05) is 0 Å². The molecule has 0 saturated heterocycles. The minimum absolute atomic E-state index is 0. The van der Waals surface area contributed by atoms with Crippen LogP contribution in [0.25, 0.3) is 72.7 Å². The van der Waals surface area contributed by atoms with Gasteiger partial charge in [0.1, 0.15) is 5.82 Å². The van der Waals surface area contributed by atoms with E-state index in [1.54, 1.807) is 24.4 Å². The predicted molar refractivity (Wildman–Crippen MR) is 242 cm³/mol. The van der Waals surface area contributed by atoms with Gasteiger partial charge in [0.25, 0.3) is 0 Å². The zero-order chi connectivity index (χ0) is 50.9. The van der Waals surface area contributed by atoms with Crippen LogP contribution in [0.2, 0.25) is 0 Å². The van der Waals surface area contributed by atoms with Crippen molar-refractivity contribution in [3.8, 4) is 67.5 Å². The molecule has 5 heteroatoms. The summed E-state index contributed by atoms with van der Waals surface area (Å²) in [5, 5.41) is 0. The summed E-state index contributed by atoms with van der Waals surface area (Å²) in [7, 11) is 3.81. The van der Waals surface area contributed by atoms with Gasteiger partial charge in [-0.05, 0) is 106 Å². The van der Waals surface area contributed by atoms with E-state index in [1.165, 1.54) is 24.3 Å². The van der Waals surface area contributed by atoms with Crippen LogP contribution in [-0.4, -0.2) is 14.5 Å². The quantitative estimate of drug-likeness (QED) is 0.149. The van der Waals surface area contributed by atoms with E-state index in [0.29, 0.717) is 61.8 Å². The number of fused-ring (bicyclic) bond motifs is 1. The van der Waals surface area contributed by atoms with Gasteiger partial charge in [-0.3, -0.25) is 9.55 Å². The van der Waals surface area contributed by atoms with Gasteiger partial charge >= 0.3 is 21.1 Å². The number of hydrogen-bond acceptors (Lipinski definition) is 3. The van der Waals surface area contributed by atoms with Crippen molar-refractivity contribution in [3.63, 3.8) is 0 Å². The first-order valence-electron chi connectivity index (χ1n) is 25.1. The van der Waals surface area contributed by atoms with E-state index in [0.717, 1.165) is 33.4 Å². The fraction of sp³-hybridized carbons (Fsp3) is 0.204. The van der Waals surface area contributed by atoms with E-state index in [-0.39, 0.29) is 37.6 Å². The molecule has 0 bridgehead atoms. The fourth-order valence-corrected chi connectivity index (χ4v) is 7.56. The van der Waals surface area contributed by atoms with Gasteiger partial charge in [-0.1, -0.05) is 137 Å². The Labute approximate surface area is 381 Å². The maximum atomic E-state index is 8.53. The van der Waals surface area contributed by atoms with E-state index < -0.39 is 32.8 Å². The van der Waals surface area contributed by atoms with E-state index in [9.17, 15) is 0 Å². The summed E-state index contributed by atoms with van der Waals surface area (Å²) in [5.74, 6) is 1.03. The average molecular weight is 965 g/mol. The Hall–Kier alpha value is -5.57. The summed E-state index contributed by atoms with van der Waals surface area (Å²) >= 11 is 0. The molecule has 0 aliphatic carbocycles. The predicted octanol–water partition coefficient (Wildman–Crippen LogP) is 14.2. The van der Waals surface area contributed by atoms with Crippen LogP contribution in [0.3, 0.4) is 0 Å². The van der Waals surface area contributed by atoms with Crippen LogP contribution < -0.4 is 4.74 Å². The second-order valence-electron chi connectivity index (χ2n) is 15.9. The molecule has 8 rings (SSSR count). The molecule has 8 aromatic rings. The summed E-state index contributed by atoms with van der Waals surface area (Å²) in [5.41, 5.74) is 7.17. The molecule has 0 unspecified atom stereocenters. The molecule has 298 valence electrons. The molecule has 0 fully saturated rings. The van der Waals surface area contributed by atoms with Crippen molar-refractivity contribution >= 4 is 11.0 Å². The monoisotopic (exact) mass is 964 g/mol. The summed E-state index contributed by atoms with van der Waals surface area (Å²) in [6, 6.07) is 41.8. The van der Waals surface area contributed by atoms with E-state index in [4.69, 9.17) is 31.2 Å². The van der Waals surface area contributed by atoms with Crippen molar-refractivity contribution in [1.82, 2.24) is 14.5 Å². The molecule has 2 heterocycles. The Balaban J connectivity index is 0.00000741. The van der Waals surface area contributed by atoms with Gasteiger partial charge in [-0.15, -0.1) is 29.3 Å². The second kappa shape index (κ2) is 16.2. The van der Waals surface area contributed by atoms with Gasteiger partial charge in [0, 0.05) is 34.0 Å². The second-order valence-corrected chi connectivity index (χ2v) is 15.9. The van der Waals surface area contributed by atoms with Crippen molar-refractivity contribution in [2.24, 2.45) is 0 Å². The van der Waals surface area contributed by atoms with Gasteiger partial charge in [0.2, 0.25) is 0 Å². The number of aromatic nitrogens is 3. The number of para-hydroxylation sites is 1. The van der Waals surface area contributed by atoms with Gasteiger partial charge in [0.15, 0.2) is 0 Å². The molecule has 0 aliphatic heterocycles. The summed E-state index contributed by atoms with van der Waals surface area (Å²) < 4.78 is 107. The van der Waals surface area contributed by atoms with Crippen LogP contribution in [0.5, 0.6) is 5.75 Å². The number of imidazole rings is 1. The van der Waals surface area contributed by atoms with Crippen LogP contribution in [0.15, 0.2) is 134 Å². The van der Waals surface area contributed by atoms with Crippen molar-refractivity contribution < 1.29 is 42.3 Å². The smallest absolute Gasteiger partial charge is 0.665 e. The Kier molecular flexibility index (Phi) is 7.92. The number of hydrogen-bond donors (Lipinski definition) is 0.